The van der Waals surface area contributed by atoms with Crippen LogP contribution in [0, 0.1) is 5.82 Å². The van der Waals surface area contributed by atoms with Gasteiger partial charge in [0.05, 0.1) is 11.6 Å². The van der Waals surface area contributed by atoms with Gasteiger partial charge in [-0.05, 0) is 18.1 Å². The van der Waals surface area contributed by atoms with Crippen molar-refractivity contribution in [3.8, 4) is 0 Å². The summed E-state index contributed by atoms with van der Waals surface area (Å²) in [6.45, 7) is 3.56. The summed E-state index contributed by atoms with van der Waals surface area (Å²) in [4.78, 5) is 16.0. The first kappa shape index (κ1) is 20.8. The van der Waals surface area contributed by atoms with E-state index >= 15 is 0 Å². The van der Waals surface area contributed by atoms with Crippen LogP contribution >= 0.6 is 11.5 Å². The second-order valence-electron chi connectivity index (χ2n) is 7.52. The average molecular weight is 477 g/mol. The van der Waals surface area contributed by atoms with Crippen molar-refractivity contribution in [2.75, 3.05) is 17.8 Å². The Hall–Kier alpha value is -3.09. The van der Waals surface area contributed by atoms with Crippen molar-refractivity contribution in [2.45, 2.75) is 23.8 Å². The Morgan fingerprint density at radius 3 is 2.84 bits per heavy atom. The second kappa shape index (κ2) is 7.80. The standard InChI is InChI=1S/C20H18FN5O4S2/c1-11(13-4-2-3-5-14(13)12-8-22-9-12)26-16-6-15(21)18(7-17(16)30-20(26)27)32(28,29)25-19-23-10-24-31-19/h2-7,10-12,22H,8-9H2,1H3,(H,23,24,25,28,29)/p+1/t11-/m1/s1. The van der Waals surface area contributed by atoms with E-state index in [4.69, 9.17) is 4.42 Å². The lowest BCUT2D eigenvalue weighted by Crippen LogP contribution is -2.40. The Bertz CT molecular complexity index is 1460. The number of halogens is 1. The largest absolute Gasteiger partial charge is 0.420 e. The molecule has 0 bridgehead atoms. The summed E-state index contributed by atoms with van der Waals surface area (Å²) in [6.07, 6.45) is 1.21. The average Bonchev–Trinajstić information content (AvgIpc) is 3.32. The Kier molecular flexibility index (Phi) is 5.07. The molecular weight excluding hydrogens is 457 g/mol. The van der Waals surface area contributed by atoms with Crippen molar-refractivity contribution in [3.05, 3.63) is 70.2 Å². The van der Waals surface area contributed by atoms with Crippen molar-refractivity contribution in [3.63, 3.8) is 0 Å². The molecule has 5 rings (SSSR count). The van der Waals surface area contributed by atoms with E-state index in [1.54, 1.807) is 0 Å². The van der Waals surface area contributed by atoms with Gasteiger partial charge in [-0.1, -0.05) is 24.3 Å². The zero-order valence-electron chi connectivity index (χ0n) is 16.8. The smallest absolute Gasteiger partial charge is 0.408 e. The third-order valence-electron chi connectivity index (χ3n) is 5.61. The summed E-state index contributed by atoms with van der Waals surface area (Å²) in [5.74, 6) is -1.27. The minimum atomic E-state index is -4.04. The van der Waals surface area contributed by atoms with Crippen LogP contribution in [-0.2, 0) is 10.0 Å². The molecule has 9 nitrogen and oxygen atoms in total. The highest BCUT2D eigenvalue weighted by molar-refractivity contribution is 7.93. The normalized spacial score (nSPS) is 17.1. The zero-order chi connectivity index (χ0) is 22.5. The van der Waals surface area contributed by atoms with Crippen LogP contribution in [0.15, 0.2) is 56.8 Å². The van der Waals surface area contributed by atoms with E-state index in [2.05, 4.69) is 19.4 Å². The monoisotopic (exact) mass is 476 g/mol. The van der Waals surface area contributed by atoms with Crippen LogP contribution in [0.5, 0.6) is 0 Å². The van der Waals surface area contributed by atoms with Crippen LogP contribution in [-0.4, -0.2) is 35.4 Å². The van der Waals surface area contributed by atoms with E-state index in [-0.39, 0.29) is 16.2 Å². The van der Waals surface area contributed by atoms with Crippen molar-refractivity contribution < 1.29 is 17.2 Å². The van der Waals surface area contributed by atoms with Gasteiger partial charge >= 0.3 is 15.8 Å². The van der Waals surface area contributed by atoms with Gasteiger partial charge in [-0.25, -0.2) is 23.1 Å². The Labute approximate surface area is 186 Å². The predicted molar refractivity (Wildman–Crippen MR) is 118 cm³/mol. The Balaban J connectivity index is 1.59. The Morgan fingerprint density at radius 1 is 1.38 bits per heavy atom. The number of anilines is 1. The minimum absolute atomic E-state index is 0.0156. The fraction of sp³-hybridized carbons (Fsp3) is 0.250. The molecule has 2 aromatic heterocycles. The van der Waals surface area contributed by atoms with E-state index in [0.717, 1.165) is 47.9 Å². The van der Waals surface area contributed by atoms with Gasteiger partial charge in [0.1, 0.15) is 6.33 Å². The van der Waals surface area contributed by atoms with E-state index in [9.17, 15) is 17.6 Å². The van der Waals surface area contributed by atoms with Gasteiger partial charge in [-0.15, -0.1) is 0 Å². The van der Waals surface area contributed by atoms with E-state index in [1.165, 1.54) is 10.9 Å². The molecule has 12 heteroatoms. The molecule has 0 saturated carbocycles. The zero-order valence-corrected chi connectivity index (χ0v) is 18.5. The highest BCUT2D eigenvalue weighted by Crippen LogP contribution is 2.32. The molecular formula is C20H19FN5O4S2+. The van der Waals surface area contributed by atoms with Crippen molar-refractivity contribution >= 4 is 37.8 Å². The molecule has 32 heavy (non-hydrogen) atoms. The predicted octanol–water partition coefficient (Wildman–Crippen LogP) is 2.84. The minimum Gasteiger partial charge on any atom is -0.408 e. The number of hydrogen-bond acceptors (Lipinski definition) is 7. The highest BCUT2D eigenvalue weighted by atomic mass is 32.2. The molecule has 1 aliphatic rings. The van der Waals surface area contributed by atoms with Gasteiger partial charge < -0.3 is 9.73 Å². The maximum absolute atomic E-state index is 15.0. The Morgan fingerprint density at radius 2 is 2.16 bits per heavy atom. The lowest BCUT2D eigenvalue weighted by atomic mass is 9.87. The number of hydrogen-bond donors (Lipinski definition) is 2. The van der Waals surface area contributed by atoms with Gasteiger partial charge in [-0.3, -0.25) is 4.57 Å². The first-order valence-corrected chi connectivity index (χ1v) is 12.1. The van der Waals surface area contributed by atoms with E-state index in [0.29, 0.717) is 5.92 Å². The SMILES string of the molecule is C[C@H](c1ccccc1C1CNC1)n1c(=O)oc2cc(S(=O)(=[OH+])Nc3ncns3)c(F)cc21. The summed E-state index contributed by atoms with van der Waals surface area (Å²) >= 11 is 0.856. The molecule has 1 aliphatic heterocycles. The van der Waals surface area contributed by atoms with E-state index < -0.39 is 32.5 Å². The maximum Gasteiger partial charge on any atom is 0.420 e. The van der Waals surface area contributed by atoms with Gasteiger partial charge in [-0.2, -0.15) is 8.58 Å². The fourth-order valence-corrected chi connectivity index (χ4v) is 5.68. The summed E-state index contributed by atoms with van der Waals surface area (Å²) in [6, 6.07) is 9.53. The number of rotatable bonds is 6. The van der Waals surface area contributed by atoms with Crippen molar-refractivity contribution in [1.29, 1.82) is 0 Å². The van der Waals surface area contributed by atoms with Crippen LogP contribution in [0.3, 0.4) is 0 Å². The van der Waals surface area contributed by atoms with Crippen molar-refractivity contribution in [1.82, 2.24) is 19.2 Å². The molecule has 1 fully saturated rings. The van der Waals surface area contributed by atoms with Crippen molar-refractivity contribution in [2.24, 2.45) is 0 Å². The first-order chi connectivity index (χ1) is 15.3. The first-order valence-electron chi connectivity index (χ1n) is 9.80. The van der Waals surface area contributed by atoms with Crippen LogP contribution < -0.4 is 15.8 Å². The van der Waals surface area contributed by atoms with Crippen LogP contribution in [0.2, 0.25) is 0 Å². The summed E-state index contributed by atoms with van der Waals surface area (Å²) in [7, 11) is -4.04. The lowest BCUT2D eigenvalue weighted by Gasteiger charge is -2.31. The number of aromatic nitrogens is 3. The third kappa shape index (κ3) is 3.49. The molecule has 0 spiro atoms. The molecule has 0 aliphatic carbocycles. The summed E-state index contributed by atoms with van der Waals surface area (Å²) in [5, 5.41) is 3.31. The molecule has 0 radical (unpaired) electrons. The number of nitrogens with one attached hydrogen (secondary N) is 2. The molecule has 2 atom stereocenters. The number of oxazole rings is 1. The topological polar surface area (TPSA) is 123 Å². The molecule has 0 amide bonds. The maximum atomic E-state index is 15.0. The summed E-state index contributed by atoms with van der Waals surface area (Å²) < 4.78 is 50.8. The van der Waals surface area contributed by atoms with Gasteiger partial charge in [0.15, 0.2) is 16.3 Å². The second-order valence-corrected chi connectivity index (χ2v) is 10.00. The van der Waals surface area contributed by atoms with Gasteiger partial charge in [0.2, 0.25) is 5.13 Å². The van der Waals surface area contributed by atoms with E-state index in [1.807, 2.05) is 31.2 Å². The highest BCUT2D eigenvalue weighted by Gasteiger charge is 2.30. The van der Waals surface area contributed by atoms with Crippen LogP contribution in [0.4, 0.5) is 9.52 Å². The van der Waals surface area contributed by atoms with Crippen LogP contribution in [0.1, 0.15) is 30.0 Å². The molecule has 3 N–H and O–H groups in total. The number of fused-ring (bicyclic) bond motifs is 1. The lowest BCUT2D eigenvalue weighted by molar-refractivity contribution is 0.438. The molecule has 166 valence electrons. The quantitative estimate of drug-likeness (QED) is 0.413. The fourth-order valence-electron chi connectivity index (χ4n) is 3.92. The molecule has 1 saturated heterocycles. The summed E-state index contributed by atoms with van der Waals surface area (Å²) in [5.41, 5.74) is 2.28. The molecule has 1 unspecified atom stereocenters. The molecule has 3 heterocycles. The number of nitrogens with zero attached hydrogens (tertiary/aromatic N) is 3. The van der Waals surface area contributed by atoms with Gasteiger partial charge in [0, 0.05) is 42.7 Å². The van der Waals surface area contributed by atoms with Gasteiger partial charge in [0.25, 0.3) is 0 Å². The van der Waals surface area contributed by atoms with Crippen LogP contribution in [0.25, 0.3) is 11.1 Å². The molecule has 2 aromatic carbocycles. The molecule has 4 aromatic rings. The third-order valence-corrected chi connectivity index (χ3v) is 7.70. The number of benzene rings is 2.